The van der Waals surface area contributed by atoms with E-state index in [0.717, 1.165) is 0 Å². The average Bonchev–Trinajstić information content (AvgIpc) is 3.24. The standard InChI is InChI=1S/C24H28N4O9/c1-16-11-21(28(34)35)9-6-18(16)15-36-23(30)25-10-2-3-20-12-22(29)13-26(20)24(31)37-14-17-4-7-19(8-5-17)27(32)33/h4-9,11,20,22,29H,2-3,10,12-15H2,1H3,(H,25,30)/t20-,22+/m0/s1. The number of aliphatic hydroxyl groups is 1. The van der Waals surface area contributed by atoms with Gasteiger partial charge in [0.15, 0.2) is 0 Å². The van der Waals surface area contributed by atoms with E-state index in [9.17, 15) is 34.9 Å². The molecule has 0 saturated carbocycles. The van der Waals surface area contributed by atoms with Crippen molar-refractivity contribution in [2.24, 2.45) is 0 Å². The van der Waals surface area contributed by atoms with Gasteiger partial charge in [0, 0.05) is 36.9 Å². The van der Waals surface area contributed by atoms with Crippen molar-refractivity contribution in [3.8, 4) is 0 Å². The fourth-order valence-corrected chi connectivity index (χ4v) is 4.01. The number of hydrogen-bond acceptors (Lipinski definition) is 9. The topological polar surface area (TPSA) is 174 Å². The van der Waals surface area contributed by atoms with Gasteiger partial charge in [-0.15, -0.1) is 0 Å². The van der Waals surface area contributed by atoms with Gasteiger partial charge in [-0.2, -0.15) is 0 Å². The first-order valence-corrected chi connectivity index (χ1v) is 11.6. The van der Waals surface area contributed by atoms with Crippen molar-refractivity contribution in [1.29, 1.82) is 0 Å². The smallest absolute Gasteiger partial charge is 0.410 e. The van der Waals surface area contributed by atoms with Crippen LogP contribution in [0.15, 0.2) is 42.5 Å². The molecule has 37 heavy (non-hydrogen) atoms. The Bertz CT molecular complexity index is 1140. The number of aliphatic hydroxyl groups excluding tert-OH is 1. The van der Waals surface area contributed by atoms with Crippen LogP contribution in [-0.2, 0) is 22.7 Å². The van der Waals surface area contributed by atoms with Crippen LogP contribution in [0.1, 0.15) is 36.0 Å². The number of likely N-dealkylation sites (tertiary alicyclic amines) is 1. The molecular weight excluding hydrogens is 488 g/mol. The number of nitro benzene ring substituents is 2. The van der Waals surface area contributed by atoms with Crippen molar-refractivity contribution < 1.29 is 34.0 Å². The van der Waals surface area contributed by atoms with Gasteiger partial charge in [-0.05, 0) is 61.1 Å². The number of β-amino-alcohol motifs (C(OH)–C–C–N with tert-alkyl or cyclic N) is 1. The quantitative estimate of drug-likeness (QED) is 0.271. The average molecular weight is 517 g/mol. The number of nitrogens with zero attached hydrogens (tertiary/aromatic N) is 3. The third-order valence-corrected chi connectivity index (χ3v) is 6.02. The number of ether oxygens (including phenoxy) is 2. The lowest BCUT2D eigenvalue weighted by Gasteiger charge is -2.23. The lowest BCUT2D eigenvalue weighted by atomic mass is 10.1. The molecule has 198 valence electrons. The number of rotatable bonds is 10. The summed E-state index contributed by atoms with van der Waals surface area (Å²) < 4.78 is 10.5. The summed E-state index contributed by atoms with van der Waals surface area (Å²) in [6, 6.07) is 9.72. The molecule has 1 heterocycles. The van der Waals surface area contributed by atoms with Crippen LogP contribution in [0.2, 0.25) is 0 Å². The molecule has 1 fully saturated rings. The monoisotopic (exact) mass is 516 g/mol. The number of carbonyl (C=O) groups is 2. The molecule has 0 unspecified atom stereocenters. The summed E-state index contributed by atoms with van der Waals surface area (Å²) in [4.78, 5) is 46.6. The Balaban J connectivity index is 1.39. The number of hydrogen-bond donors (Lipinski definition) is 2. The van der Waals surface area contributed by atoms with Crippen molar-refractivity contribution in [2.75, 3.05) is 13.1 Å². The van der Waals surface area contributed by atoms with Gasteiger partial charge in [-0.3, -0.25) is 20.2 Å². The molecule has 1 aliphatic heterocycles. The molecular formula is C24H28N4O9. The molecule has 13 nitrogen and oxygen atoms in total. The fraction of sp³-hybridized carbons (Fsp3) is 0.417. The Morgan fingerprint density at radius 1 is 1.05 bits per heavy atom. The maximum Gasteiger partial charge on any atom is 0.410 e. The first-order chi connectivity index (χ1) is 17.6. The molecule has 3 rings (SSSR count). The zero-order valence-corrected chi connectivity index (χ0v) is 20.2. The molecule has 1 aliphatic rings. The third kappa shape index (κ3) is 7.87. The van der Waals surface area contributed by atoms with E-state index in [-0.39, 0.29) is 43.7 Å². The van der Waals surface area contributed by atoms with Gasteiger partial charge in [0.1, 0.15) is 13.2 Å². The van der Waals surface area contributed by atoms with Gasteiger partial charge in [0.2, 0.25) is 0 Å². The number of nitrogens with one attached hydrogen (secondary N) is 1. The van der Waals surface area contributed by atoms with Crippen molar-refractivity contribution >= 4 is 23.6 Å². The van der Waals surface area contributed by atoms with Crippen molar-refractivity contribution in [1.82, 2.24) is 10.2 Å². The maximum atomic E-state index is 12.6. The molecule has 0 spiro atoms. The zero-order valence-electron chi connectivity index (χ0n) is 20.2. The van der Waals surface area contributed by atoms with Gasteiger partial charge < -0.3 is 24.8 Å². The van der Waals surface area contributed by atoms with Crippen LogP contribution in [0.3, 0.4) is 0 Å². The molecule has 2 amide bonds. The molecule has 0 aliphatic carbocycles. The highest BCUT2D eigenvalue weighted by atomic mass is 16.6. The van der Waals surface area contributed by atoms with Crippen LogP contribution < -0.4 is 5.32 Å². The number of benzene rings is 2. The summed E-state index contributed by atoms with van der Waals surface area (Å²) in [5, 5.41) is 34.2. The van der Waals surface area contributed by atoms with E-state index in [1.54, 1.807) is 13.0 Å². The highest BCUT2D eigenvalue weighted by Gasteiger charge is 2.34. The lowest BCUT2D eigenvalue weighted by Crippen LogP contribution is -2.37. The summed E-state index contributed by atoms with van der Waals surface area (Å²) in [6.45, 7) is 2.03. The Kier molecular flexibility index (Phi) is 9.33. The second-order valence-corrected chi connectivity index (χ2v) is 8.69. The highest BCUT2D eigenvalue weighted by molar-refractivity contribution is 5.68. The van der Waals surface area contributed by atoms with Crippen LogP contribution in [0.4, 0.5) is 21.0 Å². The second-order valence-electron chi connectivity index (χ2n) is 8.69. The van der Waals surface area contributed by atoms with Gasteiger partial charge in [0.25, 0.3) is 11.4 Å². The largest absolute Gasteiger partial charge is 0.445 e. The number of amides is 2. The van der Waals surface area contributed by atoms with Crippen LogP contribution in [-0.4, -0.2) is 57.3 Å². The highest BCUT2D eigenvalue weighted by Crippen LogP contribution is 2.23. The first kappa shape index (κ1) is 27.3. The van der Waals surface area contributed by atoms with E-state index in [1.807, 2.05) is 0 Å². The minimum absolute atomic E-state index is 0.0289. The molecule has 13 heteroatoms. The first-order valence-electron chi connectivity index (χ1n) is 11.6. The molecule has 2 aromatic rings. The summed E-state index contributed by atoms with van der Waals surface area (Å²) in [5.41, 5.74) is 1.80. The molecule has 2 N–H and O–H groups in total. The number of aryl methyl sites for hydroxylation is 1. The Labute approximate surface area is 212 Å². The maximum absolute atomic E-state index is 12.6. The normalized spacial score (nSPS) is 16.8. The van der Waals surface area contributed by atoms with E-state index in [2.05, 4.69) is 5.32 Å². The molecule has 2 aromatic carbocycles. The van der Waals surface area contributed by atoms with E-state index < -0.39 is 28.1 Å². The summed E-state index contributed by atoms with van der Waals surface area (Å²) in [6.07, 6.45) is -0.481. The molecule has 1 saturated heterocycles. The van der Waals surface area contributed by atoms with Crippen molar-refractivity contribution in [3.63, 3.8) is 0 Å². The van der Waals surface area contributed by atoms with Crippen LogP contribution >= 0.6 is 0 Å². The van der Waals surface area contributed by atoms with E-state index in [0.29, 0.717) is 36.0 Å². The van der Waals surface area contributed by atoms with Gasteiger partial charge in [-0.1, -0.05) is 0 Å². The Morgan fingerprint density at radius 2 is 1.73 bits per heavy atom. The summed E-state index contributed by atoms with van der Waals surface area (Å²) >= 11 is 0. The fourth-order valence-electron chi connectivity index (χ4n) is 4.01. The van der Waals surface area contributed by atoms with Crippen LogP contribution in [0.5, 0.6) is 0 Å². The van der Waals surface area contributed by atoms with E-state index >= 15 is 0 Å². The SMILES string of the molecule is Cc1cc([N+](=O)[O-])ccc1COC(=O)NCCC[C@H]1C[C@@H](O)CN1C(=O)OCc1ccc([N+](=O)[O-])cc1. The molecule has 2 atom stereocenters. The second kappa shape index (κ2) is 12.6. The lowest BCUT2D eigenvalue weighted by molar-refractivity contribution is -0.385. The minimum Gasteiger partial charge on any atom is -0.445 e. The van der Waals surface area contributed by atoms with E-state index in [1.165, 1.54) is 41.3 Å². The van der Waals surface area contributed by atoms with E-state index in [4.69, 9.17) is 9.47 Å². The van der Waals surface area contributed by atoms with Crippen LogP contribution in [0, 0.1) is 27.2 Å². The Hall–Kier alpha value is -4.26. The zero-order chi connectivity index (χ0) is 26.9. The molecule has 0 bridgehead atoms. The minimum atomic E-state index is -0.681. The summed E-state index contributed by atoms with van der Waals surface area (Å²) in [5.74, 6) is 0. The van der Waals surface area contributed by atoms with Gasteiger partial charge >= 0.3 is 12.2 Å². The number of nitro groups is 2. The molecule has 0 aromatic heterocycles. The number of non-ortho nitro benzene ring substituents is 2. The Morgan fingerprint density at radius 3 is 2.38 bits per heavy atom. The van der Waals surface area contributed by atoms with Crippen LogP contribution in [0.25, 0.3) is 0 Å². The van der Waals surface area contributed by atoms with Crippen molar-refractivity contribution in [2.45, 2.75) is 51.5 Å². The summed E-state index contributed by atoms with van der Waals surface area (Å²) in [7, 11) is 0. The van der Waals surface area contributed by atoms with Gasteiger partial charge in [0.05, 0.1) is 22.5 Å². The third-order valence-electron chi connectivity index (χ3n) is 6.02. The van der Waals surface area contributed by atoms with Crippen molar-refractivity contribution in [3.05, 3.63) is 79.4 Å². The number of alkyl carbamates (subject to hydrolysis) is 1. The van der Waals surface area contributed by atoms with Gasteiger partial charge in [-0.25, -0.2) is 9.59 Å². The number of carbonyl (C=O) groups excluding carboxylic acids is 2. The predicted molar refractivity (Wildman–Crippen MR) is 130 cm³/mol. The predicted octanol–water partition coefficient (Wildman–Crippen LogP) is 3.59. The molecule has 0 radical (unpaired) electrons.